The quantitative estimate of drug-likeness (QED) is 0.828. The van der Waals surface area contributed by atoms with E-state index in [9.17, 15) is 13.2 Å². The van der Waals surface area contributed by atoms with Crippen molar-refractivity contribution >= 4 is 15.9 Å². The summed E-state index contributed by atoms with van der Waals surface area (Å²) in [6, 6.07) is 6.04. The van der Waals surface area contributed by atoms with E-state index in [-0.39, 0.29) is 16.9 Å². The standard InChI is InChI=1S/C14H20N2O4S/c1-11-10-16(8-9-20-11)14(17)12-4-6-13(7-5-12)21(18,19)15(2)3/h4-7,11H,8-10H2,1-3H3/t11-/m1/s1. The van der Waals surface area contributed by atoms with Crippen LogP contribution >= 0.6 is 0 Å². The third-order valence-electron chi connectivity index (χ3n) is 3.41. The predicted octanol–water partition coefficient (Wildman–Crippen LogP) is 0.798. The largest absolute Gasteiger partial charge is 0.375 e. The van der Waals surface area contributed by atoms with Crippen LogP contribution in [0.25, 0.3) is 0 Å². The number of morpholine rings is 1. The van der Waals surface area contributed by atoms with Gasteiger partial charge in [0.1, 0.15) is 0 Å². The Bertz CT molecular complexity index is 610. The zero-order chi connectivity index (χ0) is 15.6. The molecule has 0 aromatic heterocycles. The number of hydrogen-bond acceptors (Lipinski definition) is 4. The Kier molecular flexibility index (Phi) is 4.65. The Balaban J connectivity index is 2.17. The van der Waals surface area contributed by atoms with Crippen molar-refractivity contribution in [3.8, 4) is 0 Å². The van der Waals surface area contributed by atoms with Crippen LogP contribution in [0.1, 0.15) is 17.3 Å². The van der Waals surface area contributed by atoms with E-state index in [1.54, 1.807) is 17.0 Å². The maximum Gasteiger partial charge on any atom is 0.254 e. The summed E-state index contributed by atoms with van der Waals surface area (Å²) in [5.41, 5.74) is 0.488. The third kappa shape index (κ3) is 3.42. The van der Waals surface area contributed by atoms with Gasteiger partial charge in [0.15, 0.2) is 0 Å². The second kappa shape index (κ2) is 6.13. The van der Waals surface area contributed by atoms with Crippen molar-refractivity contribution in [2.24, 2.45) is 0 Å². The molecular weight excluding hydrogens is 292 g/mol. The molecule has 0 spiro atoms. The zero-order valence-corrected chi connectivity index (χ0v) is 13.3. The summed E-state index contributed by atoms with van der Waals surface area (Å²) in [4.78, 5) is 14.3. The van der Waals surface area contributed by atoms with Gasteiger partial charge in [-0.3, -0.25) is 4.79 Å². The van der Waals surface area contributed by atoms with Gasteiger partial charge < -0.3 is 9.64 Å². The average Bonchev–Trinajstić information content (AvgIpc) is 2.46. The molecule has 1 saturated heterocycles. The van der Waals surface area contributed by atoms with Crippen LogP contribution in [0.15, 0.2) is 29.2 Å². The summed E-state index contributed by atoms with van der Waals surface area (Å²) in [5.74, 6) is -0.0982. The van der Waals surface area contributed by atoms with Gasteiger partial charge in [0, 0.05) is 32.7 Å². The molecule has 116 valence electrons. The molecule has 21 heavy (non-hydrogen) atoms. The summed E-state index contributed by atoms with van der Waals surface area (Å²) in [5, 5.41) is 0. The average molecular weight is 312 g/mol. The Labute approximate surface area is 125 Å². The lowest BCUT2D eigenvalue weighted by atomic mass is 10.2. The van der Waals surface area contributed by atoms with E-state index in [1.807, 2.05) is 6.92 Å². The molecule has 0 bridgehead atoms. The van der Waals surface area contributed by atoms with Gasteiger partial charge in [0.2, 0.25) is 10.0 Å². The zero-order valence-electron chi connectivity index (χ0n) is 12.4. The molecule has 1 amide bonds. The Hall–Kier alpha value is -1.44. The molecule has 1 aliphatic heterocycles. The fourth-order valence-corrected chi connectivity index (χ4v) is 3.07. The fourth-order valence-electron chi connectivity index (χ4n) is 2.17. The SMILES string of the molecule is C[C@@H]1CN(C(=O)c2ccc(S(=O)(=O)N(C)C)cc2)CCO1. The van der Waals surface area contributed by atoms with Crippen molar-refractivity contribution < 1.29 is 17.9 Å². The van der Waals surface area contributed by atoms with Gasteiger partial charge >= 0.3 is 0 Å². The second-order valence-corrected chi connectivity index (χ2v) is 7.40. The summed E-state index contributed by atoms with van der Waals surface area (Å²) < 4.78 is 30.5. The second-order valence-electron chi connectivity index (χ2n) is 5.24. The van der Waals surface area contributed by atoms with Crippen molar-refractivity contribution in [3.63, 3.8) is 0 Å². The van der Waals surface area contributed by atoms with Crippen molar-refractivity contribution in [1.82, 2.24) is 9.21 Å². The maximum atomic E-state index is 12.4. The molecule has 1 aliphatic rings. The Morgan fingerprint density at radius 3 is 2.43 bits per heavy atom. The monoisotopic (exact) mass is 312 g/mol. The van der Waals surface area contributed by atoms with Crippen LogP contribution in [0.3, 0.4) is 0 Å². The first kappa shape index (κ1) is 15.9. The van der Waals surface area contributed by atoms with E-state index in [2.05, 4.69) is 0 Å². The minimum absolute atomic E-state index is 0.0242. The van der Waals surface area contributed by atoms with Gasteiger partial charge in [-0.25, -0.2) is 12.7 Å². The number of hydrogen-bond donors (Lipinski definition) is 0. The summed E-state index contributed by atoms with van der Waals surface area (Å²) >= 11 is 0. The number of amides is 1. The van der Waals surface area contributed by atoms with Gasteiger partial charge in [-0.05, 0) is 31.2 Å². The molecule has 0 radical (unpaired) electrons. The number of carbonyl (C=O) groups is 1. The molecule has 1 fully saturated rings. The van der Waals surface area contributed by atoms with Gasteiger partial charge in [-0.15, -0.1) is 0 Å². The van der Waals surface area contributed by atoms with Gasteiger partial charge in [0.05, 0.1) is 17.6 Å². The molecule has 1 heterocycles. The molecule has 6 nitrogen and oxygen atoms in total. The first-order valence-electron chi connectivity index (χ1n) is 6.76. The van der Waals surface area contributed by atoms with Gasteiger partial charge in [-0.2, -0.15) is 0 Å². The topological polar surface area (TPSA) is 66.9 Å². The number of nitrogens with zero attached hydrogens (tertiary/aromatic N) is 2. The van der Waals surface area contributed by atoms with Crippen LogP contribution in [0, 0.1) is 0 Å². The lowest BCUT2D eigenvalue weighted by Gasteiger charge is -2.31. The number of carbonyl (C=O) groups excluding carboxylic acids is 1. The highest BCUT2D eigenvalue weighted by Gasteiger charge is 2.23. The number of benzene rings is 1. The van der Waals surface area contributed by atoms with Crippen molar-refractivity contribution in [1.29, 1.82) is 0 Å². The van der Waals surface area contributed by atoms with Crippen LogP contribution in [-0.2, 0) is 14.8 Å². The van der Waals surface area contributed by atoms with Crippen LogP contribution < -0.4 is 0 Å². The van der Waals surface area contributed by atoms with E-state index in [4.69, 9.17) is 4.74 Å². The van der Waals surface area contributed by atoms with E-state index >= 15 is 0 Å². The van der Waals surface area contributed by atoms with Crippen LogP contribution in [-0.4, -0.2) is 63.4 Å². The van der Waals surface area contributed by atoms with E-state index < -0.39 is 10.0 Å². The number of sulfonamides is 1. The highest BCUT2D eigenvalue weighted by atomic mass is 32.2. The molecule has 0 saturated carbocycles. The molecule has 1 atom stereocenters. The highest BCUT2D eigenvalue weighted by Crippen LogP contribution is 2.16. The van der Waals surface area contributed by atoms with Crippen LogP contribution in [0.2, 0.25) is 0 Å². The van der Waals surface area contributed by atoms with E-state index in [0.29, 0.717) is 25.3 Å². The summed E-state index contributed by atoms with van der Waals surface area (Å²) in [6.45, 7) is 3.56. The maximum absolute atomic E-state index is 12.4. The molecule has 7 heteroatoms. The lowest BCUT2D eigenvalue weighted by molar-refractivity contribution is -0.0124. The Morgan fingerprint density at radius 1 is 1.29 bits per heavy atom. The predicted molar refractivity (Wildman–Crippen MR) is 78.6 cm³/mol. The van der Waals surface area contributed by atoms with Crippen molar-refractivity contribution in [2.75, 3.05) is 33.8 Å². The number of ether oxygens (including phenoxy) is 1. The first-order valence-corrected chi connectivity index (χ1v) is 8.20. The molecule has 0 unspecified atom stereocenters. The number of rotatable bonds is 3. The minimum atomic E-state index is -3.46. The minimum Gasteiger partial charge on any atom is -0.375 e. The fraction of sp³-hybridized carbons (Fsp3) is 0.500. The first-order chi connectivity index (χ1) is 9.82. The van der Waals surface area contributed by atoms with Crippen molar-refractivity contribution in [2.45, 2.75) is 17.9 Å². The van der Waals surface area contributed by atoms with Crippen molar-refractivity contribution in [3.05, 3.63) is 29.8 Å². The lowest BCUT2D eigenvalue weighted by Crippen LogP contribution is -2.44. The molecule has 1 aromatic rings. The summed E-state index contributed by atoms with van der Waals surface area (Å²) in [6.07, 6.45) is 0.0242. The smallest absolute Gasteiger partial charge is 0.254 e. The normalized spacial score (nSPS) is 19.8. The van der Waals surface area contributed by atoms with Gasteiger partial charge in [0.25, 0.3) is 5.91 Å². The molecule has 1 aromatic carbocycles. The van der Waals surface area contributed by atoms with E-state index in [0.717, 1.165) is 4.31 Å². The Morgan fingerprint density at radius 2 is 1.90 bits per heavy atom. The van der Waals surface area contributed by atoms with Gasteiger partial charge in [-0.1, -0.05) is 0 Å². The van der Waals surface area contributed by atoms with Crippen LogP contribution in [0.5, 0.6) is 0 Å². The van der Waals surface area contributed by atoms with Crippen LogP contribution in [0.4, 0.5) is 0 Å². The molecule has 0 N–H and O–H groups in total. The highest BCUT2D eigenvalue weighted by molar-refractivity contribution is 7.89. The summed E-state index contributed by atoms with van der Waals surface area (Å²) in [7, 11) is -0.513. The van der Waals surface area contributed by atoms with E-state index in [1.165, 1.54) is 26.2 Å². The molecule has 2 rings (SSSR count). The molecular formula is C14H20N2O4S. The third-order valence-corrected chi connectivity index (χ3v) is 5.24. The molecule has 0 aliphatic carbocycles.